The molecular weight excluding hydrogens is 218 g/mol. The number of hydrogen-bond donors (Lipinski definition) is 1. The maximum Gasteiger partial charge on any atom is 0.119 e. The summed E-state index contributed by atoms with van der Waals surface area (Å²) in [5, 5.41) is 4.11. The van der Waals surface area contributed by atoms with Crippen molar-refractivity contribution in [2.75, 3.05) is 20.4 Å². The van der Waals surface area contributed by atoms with E-state index in [-0.39, 0.29) is 0 Å². The minimum absolute atomic E-state index is 0.453. The molecule has 3 heteroatoms. The van der Waals surface area contributed by atoms with Crippen molar-refractivity contribution in [1.82, 2.24) is 5.32 Å². The predicted octanol–water partition coefficient (Wildman–Crippen LogP) is 2.63. The number of thioether (sulfide) groups is 1. The van der Waals surface area contributed by atoms with Crippen molar-refractivity contribution in [1.29, 1.82) is 0 Å². The van der Waals surface area contributed by atoms with Gasteiger partial charge in [0, 0.05) is 11.3 Å². The third-order valence-electron chi connectivity index (χ3n) is 3.37. The van der Waals surface area contributed by atoms with Crippen LogP contribution in [0.4, 0.5) is 0 Å². The number of fused-ring (bicyclic) bond motifs is 1. The quantitative estimate of drug-likeness (QED) is 0.873. The third kappa shape index (κ3) is 2.06. The van der Waals surface area contributed by atoms with Crippen LogP contribution in [-0.2, 0) is 6.42 Å². The van der Waals surface area contributed by atoms with E-state index >= 15 is 0 Å². The van der Waals surface area contributed by atoms with Gasteiger partial charge in [-0.15, -0.1) is 0 Å². The van der Waals surface area contributed by atoms with Crippen LogP contribution < -0.4 is 10.1 Å². The maximum atomic E-state index is 5.31. The van der Waals surface area contributed by atoms with E-state index in [0.29, 0.717) is 11.3 Å². The first-order chi connectivity index (χ1) is 7.80. The van der Waals surface area contributed by atoms with Crippen molar-refractivity contribution in [2.45, 2.75) is 24.1 Å². The first-order valence-corrected chi connectivity index (χ1v) is 6.95. The van der Waals surface area contributed by atoms with Crippen LogP contribution in [0.3, 0.4) is 0 Å². The third-order valence-corrected chi connectivity index (χ3v) is 4.49. The molecule has 0 aromatic heterocycles. The van der Waals surface area contributed by atoms with E-state index in [9.17, 15) is 0 Å². The highest BCUT2D eigenvalue weighted by Gasteiger charge is 2.27. The fourth-order valence-corrected chi connectivity index (χ4v) is 3.39. The van der Waals surface area contributed by atoms with Crippen LogP contribution >= 0.6 is 11.8 Å². The van der Waals surface area contributed by atoms with Crippen molar-refractivity contribution in [3.05, 3.63) is 29.3 Å². The Morgan fingerprint density at radius 3 is 2.88 bits per heavy atom. The zero-order chi connectivity index (χ0) is 11.5. The molecule has 0 bridgehead atoms. The molecule has 0 heterocycles. The second kappa shape index (κ2) is 5.11. The number of nitrogens with one attached hydrogen (secondary N) is 1. The van der Waals surface area contributed by atoms with Gasteiger partial charge >= 0.3 is 0 Å². The number of rotatable bonds is 3. The van der Waals surface area contributed by atoms with E-state index in [1.807, 2.05) is 18.8 Å². The molecule has 1 aromatic rings. The topological polar surface area (TPSA) is 21.3 Å². The molecule has 16 heavy (non-hydrogen) atoms. The molecule has 0 fully saturated rings. The van der Waals surface area contributed by atoms with Gasteiger partial charge in [-0.05, 0) is 49.4 Å². The Morgan fingerprint density at radius 2 is 2.25 bits per heavy atom. The average molecular weight is 237 g/mol. The smallest absolute Gasteiger partial charge is 0.119 e. The number of benzene rings is 1. The van der Waals surface area contributed by atoms with Gasteiger partial charge in [-0.25, -0.2) is 0 Å². The van der Waals surface area contributed by atoms with Crippen LogP contribution in [0.2, 0.25) is 0 Å². The molecule has 2 atom stereocenters. The number of methoxy groups -OCH3 is 1. The van der Waals surface area contributed by atoms with Crippen LogP contribution in [0, 0.1) is 0 Å². The van der Waals surface area contributed by atoms with Crippen LogP contribution in [0.25, 0.3) is 0 Å². The molecule has 0 saturated heterocycles. The summed E-state index contributed by atoms with van der Waals surface area (Å²) in [5.74, 6) is 0.959. The molecule has 1 aliphatic carbocycles. The van der Waals surface area contributed by atoms with Crippen molar-refractivity contribution >= 4 is 11.8 Å². The summed E-state index contributed by atoms with van der Waals surface area (Å²) in [7, 11) is 3.77. The Hall–Kier alpha value is -0.670. The van der Waals surface area contributed by atoms with Gasteiger partial charge in [-0.3, -0.25) is 0 Å². The van der Waals surface area contributed by atoms with Crippen molar-refractivity contribution in [3.8, 4) is 5.75 Å². The van der Waals surface area contributed by atoms with Gasteiger partial charge in [0.2, 0.25) is 0 Å². The molecule has 2 unspecified atom stereocenters. The summed E-state index contributed by atoms with van der Waals surface area (Å²) in [6.45, 7) is 0. The highest BCUT2D eigenvalue weighted by molar-refractivity contribution is 7.99. The molecule has 0 radical (unpaired) electrons. The molecule has 0 aliphatic heterocycles. The monoisotopic (exact) mass is 237 g/mol. The lowest BCUT2D eigenvalue weighted by atomic mass is 9.87. The molecule has 1 aromatic carbocycles. The summed E-state index contributed by atoms with van der Waals surface area (Å²) in [4.78, 5) is 0. The normalized spacial score (nSPS) is 23.9. The second-order valence-electron chi connectivity index (χ2n) is 4.14. The standard InChI is InChI=1S/C13H19NOS/c1-14-13-11-8-10(15-2)6-4-9(11)5-7-12(13)16-3/h4,6,8,12-14H,5,7H2,1-3H3. The van der Waals surface area contributed by atoms with Crippen LogP contribution in [0.15, 0.2) is 18.2 Å². The van der Waals surface area contributed by atoms with E-state index in [0.717, 1.165) is 5.75 Å². The predicted molar refractivity (Wildman–Crippen MR) is 70.4 cm³/mol. The van der Waals surface area contributed by atoms with Crippen LogP contribution in [-0.4, -0.2) is 25.7 Å². The van der Waals surface area contributed by atoms with E-state index in [1.165, 1.54) is 24.0 Å². The molecule has 0 spiro atoms. The van der Waals surface area contributed by atoms with E-state index in [4.69, 9.17) is 4.74 Å². The van der Waals surface area contributed by atoms with Crippen LogP contribution in [0.5, 0.6) is 5.75 Å². The maximum absolute atomic E-state index is 5.31. The fourth-order valence-electron chi connectivity index (χ4n) is 2.48. The molecule has 1 aliphatic rings. The number of aryl methyl sites for hydroxylation is 1. The van der Waals surface area contributed by atoms with Gasteiger partial charge in [-0.1, -0.05) is 6.07 Å². The molecule has 88 valence electrons. The summed E-state index contributed by atoms with van der Waals surface area (Å²) >= 11 is 1.95. The number of ether oxygens (including phenoxy) is 1. The summed E-state index contributed by atoms with van der Waals surface area (Å²) in [5.41, 5.74) is 2.87. The van der Waals surface area contributed by atoms with Crippen molar-refractivity contribution in [2.24, 2.45) is 0 Å². The summed E-state index contributed by atoms with van der Waals surface area (Å²) in [6, 6.07) is 6.90. The minimum atomic E-state index is 0.453. The SMILES string of the molecule is CNC1c2cc(OC)ccc2CCC1SC. The Bertz CT molecular complexity index is 367. The van der Waals surface area contributed by atoms with Crippen molar-refractivity contribution < 1.29 is 4.74 Å². The molecule has 2 nitrogen and oxygen atoms in total. The Balaban J connectivity index is 2.37. The highest BCUT2D eigenvalue weighted by Crippen LogP contribution is 2.37. The van der Waals surface area contributed by atoms with E-state index in [1.54, 1.807) is 7.11 Å². The first-order valence-electron chi connectivity index (χ1n) is 5.67. The Morgan fingerprint density at radius 1 is 1.44 bits per heavy atom. The minimum Gasteiger partial charge on any atom is -0.497 e. The van der Waals surface area contributed by atoms with Gasteiger partial charge in [0.1, 0.15) is 5.75 Å². The Labute approximate surface area is 102 Å². The molecule has 0 amide bonds. The summed E-state index contributed by atoms with van der Waals surface area (Å²) < 4.78 is 5.31. The molecule has 0 saturated carbocycles. The van der Waals surface area contributed by atoms with Gasteiger partial charge in [0.25, 0.3) is 0 Å². The van der Waals surface area contributed by atoms with Gasteiger partial charge in [-0.2, -0.15) is 11.8 Å². The average Bonchev–Trinajstić information content (AvgIpc) is 2.36. The van der Waals surface area contributed by atoms with E-state index in [2.05, 4.69) is 29.8 Å². The zero-order valence-electron chi connectivity index (χ0n) is 10.1. The zero-order valence-corrected chi connectivity index (χ0v) is 10.9. The van der Waals surface area contributed by atoms with Gasteiger partial charge in [0.15, 0.2) is 0 Å². The second-order valence-corrected chi connectivity index (χ2v) is 5.22. The lowest BCUT2D eigenvalue weighted by Gasteiger charge is -2.32. The number of hydrogen-bond acceptors (Lipinski definition) is 3. The van der Waals surface area contributed by atoms with Crippen LogP contribution in [0.1, 0.15) is 23.6 Å². The lowest BCUT2D eigenvalue weighted by molar-refractivity contribution is 0.411. The summed E-state index contributed by atoms with van der Waals surface area (Å²) in [6.07, 6.45) is 4.63. The van der Waals surface area contributed by atoms with Gasteiger partial charge in [0.05, 0.1) is 7.11 Å². The lowest BCUT2D eigenvalue weighted by Crippen LogP contribution is -2.31. The Kier molecular flexibility index (Phi) is 3.77. The fraction of sp³-hybridized carbons (Fsp3) is 0.538. The highest BCUT2D eigenvalue weighted by atomic mass is 32.2. The molecule has 1 N–H and O–H groups in total. The van der Waals surface area contributed by atoms with Gasteiger partial charge < -0.3 is 10.1 Å². The largest absolute Gasteiger partial charge is 0.497 e. The van der Waals surface area contributed by atoms with E-state index < -0.39 is 0 Å². The molecular formula is C13H19NOS. The molecule has 2 rings (SSSR count). The first kappa shape index (κ1) is 11.8. The van der Waals surface area contributed by atoms with Crippen molar-refractivity contribution in [3.63, 3.8) is 0 Å².